The van der Waals surface area contributed by atoms with Gasteiger partial charge in [-0.2, -0.15) is 0 Å². The van der Waals surface area contributed by atoms with Crippen molar-refractivity contribution in [3.05, 3.63) is 35.9 Å². The van der Waals surface area contributed by atoms with Gasteiger partial charge < -0.3 is 11.1 Å². The molecule has 0 radical (unpaired) electrons. The first kappa shape index (κ1) is 14.1. The molecule has 1 fully saturated rings. The summed E-state index contributed by atoms with van der Waals surface area (Å²) in [5.41, 5.74) is 7.01. The van der Waals surface area contributed by atoms with Gasteiger partial charge in [0.1, 0.15) is 0 Å². The maximum atomic E-state index is 12.2. The smallest absolute Gasteiger partial charge is 0.223 e. The molecule has 0 spiro atoms. The molecule has 0 heterocycles. The van der Waals surface area contributed by atoms with Gasteiger partial charge in [-0.1, -0.05) is 49.6 Å². The van der Waals surface area contributed by atoms with Gasteiger partial charge in [0.25, 0.3) is 0 Å². The van der Waals surface area contributed by atoms with Crippen LogP contribution in [-0.4, -0.2) is 18.5 Å². The summed E-state index contributed by atoms with van der Waals surface area (Å²) in [5, 5.41) is 3.12. The fourth-order valence-electron chi connectivity index (χ4n) is 2.78. The van der Waals surface area contributed by atoms with Gasteiger partial charge in [0, 0.05) is 18.5 Å². The Labute approximate surface area is 115 Å². The zero-order valence-electron chi connectivity index (χ0n) is 11.5. The van der Waals surface area contributed by atoms with Crippen LogP contribution in [0.2, 0.25) is 0 Å². The van der Waals surface area contributed by atoms with Crippen molar-refractivity contribution in [2.45, 2.75) is 44.6 Å². The van der Waals surface area contributed by atoms with Crippen molar-refractivity contribution in [3.8, 4) is 0 Å². The molecule has 0 bridgehead atoms. The summed E-state index contributed by atoms with van der Waals surface area (Å²) < 4.78 is 0. The highest BCUT2D eigenvalue weighted by molar-refractivity contribution is 5.79. The van der Waals surface area contributed by atoms with Crippen LogP contribution in [-0.2, 0) is 11.2 Å². The molecule has 1 aromatic carbocycles. The number of hydrogen-bond donors (Lipinski definition) is 2. The lowest BCUT2D eigenvalue weighted by Gasteiger charge is -2.24. The molecule has 1 aromatic rings. The highest BCUT2D eigenvalue weighted by Crippen LogP contribution is 2.23. The predicted molar refractivity (Wildman–Crippen MR) is 77.7 cm³/mol. The SMILES string of the molecule is NCC(Cc1ccccc1)NC(=O)C1CCCCC1. The number of nitrogens with one attached hydrogen (secondary N) is 1. The Balaban J connectivity index is 1.86. The van der Waals surface area contributed by atoms with Gasteiger partial charge >= 0.3 is 0 Å². The van der Waals surface area contributed by atoms with E-state index in [9.17, 15) is 4.79 Å². The largest absolute Gasteiger partial charge is 0.352 e. The average Bonchev–Trinajstić information content (AvgIpc) is 2.48. The highest BCUT2D eigenvalue weighted by atomic mass is 16.1. The quantitative estimate of drug-likeness (QED) is 0.853. The Morgan fingerprint density at radius 1 is 1.21 bits per heavy atom. The molecule has 3 heteroatoms. The van der Waals surface area contributed by atoms with E-state index in [2.05, 4.69) is 17.4 Å². The van der Waals surface area contributed by atoms with E-state index in [4.69, 9.17) is 5.73 Å². The number of carbonyl (C=O) groups is 1. The van der Waals surface area contributed by atoms with Crippen molar-refractivity contribution in [1.82, 2.24) is 5.32 Å². The molecule has 0 saturated heterocycles. The Bertz CT molecular complexity index is 385. The van der Waals surface area contributed by atoms with Crippen LogP contribution in [0.1, 0.15) is 37.7 Å². The maximum Gasteiger partial charge on any atom is 0.223 e. The third kappa shape index (κ3) is 4.35. The molecule has 0 aliphatic heterocycles. The summed E-state index contributed by atoms with van der Waals surface area (Å²) in [6, 6.07) is 10.3. The van der Waals surface area contributed by atoms with E-state index < -0.39 is 0 Å². The number of amides is 1. The van der Waals surface area contributed by atoms with E-state index >= 15 is 0 Å². The van der Waals surface area contributed by atoms with Crippen molar-refractivity contribution in [1.29, 1.82) is 0 Å². The Morgan fingerprint density at radius 3 is 2.53 bits per heavy atom. The van der Waals surface area contributed by atoms with Gasteiger partial charge in [-0.3, -0.25) is 4.79 Å². The molecule has 1 saturated carbocycles. The number of rotatable bonds is 5. The Kier molecular flexibility index (Phi) is 5.40. The van der Waals surface area contributed by atoms with Crippen LogP contribution in [0, 0.1) is 5.92 Å². The van der Waals surface area contributed by atoms with E-state index in [0.717, 1.165) is 19.3 Å². The molecule has 1 aliphatic rings. The van der Waals surface area contributed by atoms with Crippen LogP contribution in [0.15, 0.2) is 30.3 Å². The molecule has 104 valence electrons. The summed E-state index contributed by atoms with van der Waals surface area (Å²) in [6.45, 7) is 0.493. The summed E-state index contributed by atoms with van der Waals surface area (Å²) in [4.78, 5) is 12.2. The second-order valence-electron chi connectivity index (χ2n) is 5.47. The van der Waals surface area contributed by atoms with Crippen LogP contribution in [0.4, 0.5) is 0 Å². The van der Waals surface area contributed by atoms with Gasteiger partial charge in [0.2, 0.25) is 5.91 Å². The fraction of sp³-hybridized carbons (Fsp3) is 0.562. The predicted octanol–water partition coefficient (Wildman–Crippen LogP) is 2.25. The molecule has 19 heavy (non-hydrogen) atoms. The van der Waals surface area contributed by atoms with Crippen LogP contribution >= 0.6 is 0 Å². The maximum absolute atomic E-state index is 12.2. The van der Waals surface area contributed by atoms with Crippen molar-refractivity contribution in [3.63, 3.8) is 0 Å². The summed E-state index contributed by atoms with van der Waals surface area (Å²) in [6.07, 6.45) is 6.53. The molecule has 1 unspecified atom stereocenters. The molecule has 1 aliphatic carbocycles. The first-order chi connectivity index (χ1) is 9.29. The minimum Gasteiger partial charge on any atom is -0.352 e. The second kappa shape index (κ2) is 7.29. The number of benzene rings is 1. The Morgan fingerprint density at radius 2 is 1.89 bits per heavy atom. The van der Waals surface area contributed by atoms with Crippen LogP contribution in [0.3, 0.4) is 0 Å². The first-order valence-electron chi connectivity index (χ1n) is 7.34. The van der Waals surface area contributed by atoms with Gasteiger partial charge in [0.05, 0.1) is 0 Å². The van der Waals surface area contributed by atoms with Crippen molar-refractivity contribution < 1.29 is 4.79 Å². The summed E-state index contributed by atoms with van der Waals surface area (Å²) in [7, 11) is 0. The van der Waals surface area contributed by atoms with Crippen LogP contribution in [0.25, 0.3) is 0 Å². The third-order valence-electron chi connectivity index (χ3n) is 3.93. The van der Waals surface area contributed by atoms with E-state index in [1.807, 2.05) is 18.2 Å². The highest BCUT2D eigenvalue weighted by Gasteiger charge is 2.22. The molecule has 3 nitrogen and oxygen atoms in total. The van der Waals surface area contributed by atoms with E-state index in [-0.39, 0.29) is 17.9 Å². The third-order valence-corrected chi connectivity index (χ3v) is 3.93. The molecule has 1 amide bonds. The minimum atomic E-state index is 0.0526. The first-order valence-corrected chi connectivity index (χ1v) is 7.34. The monoisotopic (exact) mass is 260 g/mol. The molecule has 2 rings (SSSR count). The number of nitrogens with two attached hydrogens (primary N) is 1. The molecule has 3 N–H and O–H groups in total. The molecule has 1 atom stereocenters. The van der Waals surface area contributed by atoms with Crippen molar-refractivity contribution in [2.24, 2.45) is 11.7 Å². The van der Waals surface area contributed by atoms with E-state index in [0.29, 0.717) is 6.54 Å². The van der Waals surface area contributed by atoms with Gasteiger partial charge in [-0.25, -0.2) is 0 Å². The summed E-state index contributed by atoms with van der Waals surface area (Å²) >= 11 is 0. The lowest BCUT2D eigenvalue weighted by Crippen LogP contribution is -2.44. The van der Waals surface area contributed by atoms with Crippen molar-refractivity contribution >= 4 is 5.91 Å². The topological polar surface area (TPSA) is 55.1 Å². The lowest BCUT2D eigenvalue weighted by molar-refractivity contribution is -0.126. The van der Waals surface area contributed by atoms with E-state index in [1.54, 1.807) is 0 Å². The minimum absolute atomic E-state index is 0.0526. The zero-order chi connectivity index (χ0) is 13.5. The van der Waals surface area contributed by atoms with Gasteiger partial charge in [-0.15, -0.1) is 0 Å². The van der Waals surface area contributed by atoms with Crippen LogP contribution < -0.4 is 11.1 Å². The zero-order valence-corrected chi connectivity index (χ0v) is 11.5. The standard InChI is InChI=1S/C16H24N2O/c17-12-15(11-13-7-3-1-4-8-13)18-16(19)14-9-5-2-6-10-14/h1,3-4,7-8,14-15H,2,5-6,9-12,17H2,(H,18,19). The molecular weight excluding hydrogens is 236 g/mol. The lowest BCUT2D eigenvalue weighted by atomic mass is 9.88. The molecule has 0 aromatic heterocycles. The Hall–Kier alpha value is -1.35. The second-order valence-corrected chi connectivity index (χ2v) is 5.47. The van der Waals surface area contributed by atoms with E-state index in [1.165, 1.54) is 24.8 Å². The van der Waals surface area contributed by atoms with Gasteiger partial charge in [0.15, 0.2) is 0 Å². The average molecular weight is 260 g/mol. The molecular formula is C16H24N2O. The number of hydrogen-bond acceptors (Lipinski definition) is 2. The fourth-order valence-corrected chi connectivity index (χ4v) is 2.78. The number of carbonyl (C=O) groups excluding carboxylic acids is 1. The van der Waals surface area contributed by atoms with Crippen LogP contribution in [0.5, 0.6) is 0 Å². The van der Waals surface area contributed by atoms with Gasteiger partial charge in [-0.05, 0) is 24.8 Å². The van der Waals surface area contributed by atoms with Crippen molar-refractivity contribution in [2.75, 3.05) is 6.54 Å². The normalized spacial score (nSPS) is 17.9. The summed E-state index contributed by atoms with van der Waals surface area (Å²) in [5.74, 6) is 0.407.